The minimum absolute atomic E-state index is 0.0340. The number of nitrogens with zero attached hydrogens (tertiary/aromatic N) is 3. The van der Waals surface area contributed by atoms with E-state index in [2.05, 4.69) is 9.59 Å². The molecule has 104 valence electrons. The van der Waals surface area contributed by atoms with E-state index in [1.807, 2.05) is 12.1 Å². The third kappa shape index (κ3) is 2.67. The highest BCUT2D eigenvalue weighted by Crippen LogP contribution is 2.26. The van der Waals surface area contributed by atoms with Gasteiger partial charge in [0.05, 0.1) is 13.2 Å². The molecule has 2 aromatic rings. The molecule has 0 radical (unpaired) electrons. The topological polar surface area (TPSA) is 55.3 Å². The molecule has 2 heterocycles. The maximum absolute atomic E-state index is 12.5. The largest absolute Gasteiger partial charge is 0.378 e. The van der Waals surface area contributed by atoms with E-state index in [1.165, 1.54) is 0 Å². The van der Waals surface area contributed by atoms with E-state index < -0.39 is 0 Å². The Morgan fingerprint density at radius 3 is 2.65 bits per heavy atom. The van der Waals surface area contributed by atoms with Crippen LogP contribution in [0.25, 0.3) is 11.3 Å². The van der Waals surface area contributed by atoms with E-state index >= 15 is 0 Å². The van der Waals surface area contributed by atoms with Gasteiger partial charge in [0.15, 0.2) is 0 Å². The number of carbonyl (C=O) groups excluding carboxylic acids is 1. The van der Waals surface area contributed by atoms with E-state index in [1.54, 1.807) is 17.0 Å². The predicted molar refractivity (Wildman–Crippen MR) is 77.1 cm³/mol. The van der Waals surface area contributed by atoms with Gasteiger partial charge in [0.2, 0.25) is 0 Å². The lowest BCUT2D eigenvalue weighted by Crippen LogP contribution is -2.40. The molecule has 3 rings (SSSR count). The Balaban J connectivity index is 1.89. The first-order chi connectivity index (χ1) is 9.75. The zero-order chi connectivity index (χ0) is 13.9. The van der Waals surface area contributed by atoms with Gasteiger partial charge in [0.1, 0.15) is 10.6 Å². The minimum atomic E-state index is -0.0340. The molecule has 0 unspecified atom stereocenters. The van der Waals surface area contributed by atoms with Gasteiger partial charge < -0.3 is 9.64 Å². The summed E-state index contributed by atoms with van der Waals surface area (Å²) in [5.74, 6) is -0.0340. The Morgan fingerprint density at radius 1 is 1.25 bits per heavy atom. The maximum Gasteiger partial charge on any atom is 0.268 e. The van der Waals surface area contributed by atoms with Gasteiger partial charge in [-0.2, -0.15) is 0 Å². The van der Waals surface area contributed by atoms with Crippen LogP contribution in [0.2, 0.25) is 5.02 Å². The number of rotatable bonds is 2. The third-order valence-corrected chi connectivity index (χ3v) is 4.06. The van der Waals surface area contributed by atoms with Crippen LogP contribution in [-0.4, -0.2) is 46.7 Å². The van der Waals surface area contributed by atoms with Crippen molar-refractivity contribution in [2.75, 3.05) is 26.3 Å². The number of ether oxygens (including phenoxy) is 1. The summed E-state index contributed by atoms with van der Waals surface area (Å²) in [6, 6.07) is 7.24. The summed E-state index contributed by atoms with van der Waals surface area (Å²) in [5, 5.41) is 4.73. The zero-order valence-corrected chi connectivity index (χ0v) is 12.2. The van der Waals surface area contributed by atoms with Crippen LogP contribution in [-0.2, 0) is 4.74 Å². The average molecular weight is 310 g/mol. The van der Waals surface area contributed by atoms with Gasteiger partial charge in [-0.3, -0.25) is 4.79 Å². The quantitative estimate of drug-likeness (QED) is 0.854. The Labute approximate surface area is 125 Å². The monoisotopic (exact) mass is 309 g/mol. The molecule has 7 heteroatoms. The second-order valence-corrected chi connectivity index (χ2v) is 5.55. The smallest absolute Gasteiger partial charge is 0.268 e. The molecule has 1 aromatic carbocycles. The fourth-order valence-corrected chi connectivity index (χ4v) is 2.82. The summed E-state index contributed by atoms with van der Waals surface area (Å²) in [7, 11) is 0. The molecule has 1 aliphatic heterocycles. The second kappa shape index (κ2) is 5.87. The third-order valence-electron chi connectivity index (χ3n) is 3.10. The van der Waals surface area contributed by atoms with E-state index in [4.69, 9.17) is 16.3 Å². The van der Waals surface area contributed by atoms with Gasteiger partial charge in [0, 0.05) is 23.7 Å². The van der Waals surface area contributed by atoms with Crippen LogP contribution in [0.15, 0.2) is 24.3 Å². The van der Waals surface area contributed by atoms with Crippen LogP contribution in [0.4, 0.5) is 0 Å². The standard InChI is InChI=1S/C13H12ClN3O2S/c14-10-3-1-9(2-4-10)11-12(20-16-15-11)13(18)17-5-7-19-8-6-17/h1-4H,5-8H2. The summed E-state index contributed by atoms with van der Waals surface area (Å²) < 4.78 is 9.18. The Bertz CT molecular complexity index is 608. The van der Waals surface area contributed by atoms with Crippen LogP contribution in [0, 0.1) is 0 Å². The fourth-order valence-electron chi connectivity index (χ4n) is 2.04. The molecule has 1 aliphatic rings. The van der Waals surface area contributed by atoms with Crippen molar-refractivity contribution in [3.8, 4) is 11.3 Å². The Kier molecular flexibility index (Phi) is 3.95. The first-order valence-electron chi connectivity index (χ1n) is 6.21. The molecule has 5 nitrogen and oxygen atoms in total. The van der Waals surface area contributed by atoms with E-state index in [9.17, 15) is 4.79 Å². The highest BCUT2D eigenvalue weighted by molar-refractivity contribution is 7.08. The van der Waals surface area contributed by atoms with Crippen LogP contribution in [0.1, 0.15) is 9.67 Å². The lowest BCUT2D eigenvalue weighted by Gasteiger charge is -2.26. The first kappa shape index (κ1) is 13.5. The zero-order valence-electron chi connectivity index (χ0n) is 10.6. The molecule has 1 fully saturated rings. The first-order valence-corrected chi connectivity index (χ1v) is 7.36. The van der Waals surface area contributed by atoms with Gasteiger partial charge >= 0.3 is 0 Å². The lowest BCUT2D eigenvalue weighted by molar-refractivity contribution is 0.0306. The molecule has 0 bridgehead atoms. The maximum atomic E-state index is 12.5. The van der Waals surface area contributed by atoms with Crippen molar-refractivity contribution >= 4 is 29.0 Å². The van der Waals surface area contributed by atoms with Crippen molar-refractivity contribution < 1.29 is 9.53 Å². The van der Waals surface area contributed by atoms with Crippen LogP contribution >= 0.6 is 23.1 Å². The van der Waals surface area contributed by atoms with Crippen molar-refractivity contribution in [2.45, 2.75) is 0 Å². The van der Waals surface area contributed by atoms with Gasteiger partial charge in [-0.15, -0.1) is 5.10 Å². The van der Waals surface area contributed by atoms with Crippen molar-refractivity contribution in [3.63, 3.8) is 0 Å². The van der Waals surface area contributed by atoms with Crippen molar-refractivity contribution in [3.05, 3.63) is 34.2 Å². The second-order valence-electron chi connectivity index (χ2n) is 4.36. The highest BCUT2D eigenvalue weighted by atomic mass is 35.5. The molecule has 1 aromatic heterocycles. The summed E-state index contributed by atoms with van der Waals surface area (Å²) in [5.41, 5.74) is 1.46. The molecular weight excluding hydrogens is 298 g/mol. The molecule has 0 atom stereocenters. The summed E-state index contributed by atoms with van der Waals surface area (Å²) in [6.07, 6.45) is 0. The van der Waals surface area contributed by atoms with Crippen LogP contribution < -0.4 is 0 Å². The van der Waals surface area contributed by atoms with E-state index in [0.717, 1.165) is 17.1 Å². The number of morpholine rings is 1. The lowest BCUT2D eigenvalue weighted by atomic mass is 10.1. The number of halogens is 1. The van der Waals surface area contributed by atoms with E-state index in [0.29, 0.717) is 41.9 Å². The normalized spacial score (nSPS) is 15.3. The van der Waals surface area contributed by atoms with Crippen molar-refractivity contribution in [1.29, 1.82) is 0 Å². The molecule has 20 heavy (non-hydrogen) atoms. The van der Waals surface area contributed by atoms with Gasteiger partial charge in [-0.1, -0.05) is 28.2 Å². The van der Waals surface area contributed by atoms with E-state index in [-0.39, 0.29) is 5.91 Å². The molecule has 1 saturated heterocycles. The molecule has 0 saturated carbocycles. The number of aromatic nitrogens is 2. The number of hydrogen-bond acceptors (Lipinski definition) is 5. The fraction of sp³-hybridized carbons (Fsp3) is 0.308. The average Bonchev–Trinajstić information content (AvgIpc) is 2.97. The predicted octanol–water partition coefficient (Wildman–Crippen LogP) is 2.33. The summed E-state index contributed by atoms with van der Waals surface area (Å²) in [4.78, 5) is 14.8. The minimum Gasteiger partial charge on any atom is -0.378 e. The Morgan fingerprint density at radius 2 is 1.95 bits per heavy atom. The molecular formula is C13H12ClN3O2S. The Hall–Kier alpha value is -1.50. The SMILES string of the molecule is O=C(c1snnc1-c1ccc(Cl)cc1)N1CCOCC1. The van der Waals surface area contributed by atoms with Crippen molar-refractivity contribution in [2.24, 2.45) is 0 Å². The van der Waals surface area contributed by atoms with Gasteiger partial charge in [-0.05, 0) is 23.7 Å². The highest BCUT2D eigenvalue weighted by Gasteiger charge is 2.24. The molecule has 0 N–H and O–H groups in total. The number of amides is 1. The van der Waals surface area contributed by atoms with Gasteiger partial charge in [0.25, 0.3) is 5.91 Å². The number of hydrogen-bond donors (Lipinski definition) is 0. The van der Waals surface area contributed by atoms with Crippen LogP contribution in [0.5, 0.6) is 0 Å². The van der Waals surface area contributed by atoms with Crippen molar-refractivity contribution in [1.82, 2.24) is 14.5 Å². The van der Waals surface area contributed by atoms with Gasteiger partial charge in [-0.25, -0.2) is 0 Å². The molecule has 1 amide bonds. The number of carbonyl (C=O) groups is 1. The molecule has 0 spiro atoms. The summed E-state index contributed by atoms with van der Waals surface area (Å²) >= 11 is 7.00. The van der Waals surface area contributed by atoms with Crippen LogP contribution in [0.3, 0.4) is 0 Å². The molecule has 0 aliphatic carbocycles. The number of benzene rings is 1. The summed E-state index contributed by atoms with van der Waals surface area (Å²) in [6.45, 7) is 2.37.